The second kappa shape index (κ2) is 18.2. The Morgan fingerprint density at radius 3 is 1.22 bits per heavy atom. The fourth-order valence-electron chi connectivity index (χ4n) is 8.10. The molecule has 0 bridgehead atoms. The number of para-hydroxylation sites is 4. The van der Waals surface area contributed by atoms with Crippen LogP contribution in [-0.4, -0.2) is 66.2 Å². The van der Waals surface area contributed by atoms with Crippen molar-refractivity contribution < 1.29 is 68.5 Å². The summed E-state index contributed by atoms with van der Waals surface area (Å²) in [4.78, 5) is 0.904. The third-order valence-corrected chi connectivity index (χ3v) is 13.7. The number of methoxy groups -OCH3 is 1. The Morgan fingerprint density at radius 2 is 0.873 bits per heavy atom. The highest BCUT2D eigenvalue weighted by Crippen LogP contribution is 2.48. The van der Waals surface area contributed by atoms with E-state index in [0.717, 1.165) is 37.6 Å². The molecule has 0 spiro atoms. The molecule has 328 valence electrons. The van der Waals surface area contributed by atoms with Crippen molar-refractivity contribution in [3.63, 3.8) is 0 Å². The number of hydrogen-bond acceptors (Lipinski definition) is 16. The van der Waals surface area contributed by atoms with Crippen LogP contribution in [0.25, 0.3) is 43.9 Å². The van der Waals surface area contributed by atoms with Gasteiger partial charge in [-0.05, 0) is 18.4 Å². The Labute approximate surface area is 366 Å². The first-order valence-electron chi connectivity index (χ1n) is 20.5. The Morgan fingerprint density at radius 1 is 0.508 bits per heavy atom. The summed E-state index contributed by atoms with van der Waals surface area (Å²) >= 11 is 1.55. The molecule has 0 saturated carbocycles. The van der Waals surface area contributed by atoms with Gasteiger partial charge in [-0.1, -0.05) is 72.8 Å². The van der Waals surface area contributed by atoms with Crippen LogP contribution in [0.15, 0.2) is 107 Å². The van der Waals surface area contributed by atoms with E-state index in [2.05, 4.69) is 0 Å². The minimum absolute atomic E-state index is 0.0337. The van der Waals surface area contributed by atoms with Crippen LogP contribution in [0.2, 0.25) is 0 Å². The number of rotatable bonds is 11. The highest BCUT2D eigenvalue weighted by molar-refractivity contribution is 7.98. The molecule has 7 aromatic rings. The van der Waals surface area contributed by atoms with E-state index in [1.165, 1.54) is 0 Å². The number of benzene rings is 5. The van der Waals surface area contributed by atoms with Gasteiger partial charge in [0.1, 0.15) is 0 Å². The smallest absolute Gasteiger partial charge is 0.453 e. The minimum atomic E-state index is -2.26. The molecule has 0 radical (unpaired) electrons. The van der Waals surface area contributed by atoms with Gasteiger partial charge in [0, 0.05) is 32.0 Å². The largest absolute Gasteiger partial charge is 0.493 e. The third-order valence-electron chi connectivity index (χ3n) is 11.0. The molecule has 0 amide bonds. The van der Waals surface area contributed by atoms with E-state index in [0.29, 0.717) is 103 Å². The zero-order valence-electron chi connectivity index (χ0n) is 34.2. The van der Waals surface area contributed by atoms with Crippen LogP contribution in [-0.2, 0) is 44.5 Å². The fraction of sp³-hybridized carbons (Fsp3) is 0.333. The highest BCUT2D eigenvalue weighted by Gasteiger charge is 2.29. The van der Waals surface area contributed by atoms with Gasteiger partial charge in [-0.25, -0.2) is 0 Å². The van der Waals surface area contributed by atoms with E-state index in [1.807, 2.05) is 91.2 Å². The van der Waals surface area contributed by atoms with Crippen molar-refractivity contribution >= 4 is 72.1 Å². The standard InChI is InChI=1S/C45H42O15P2S/c1-46-36-24-27(63-2)23-26(25-55-61-57-38-28(7-3-11-32(38)42-47-15-16-48-42)29-8-4-12-33(39(29)58-61)43-49-17-18-50-43)37(36)56-62-59-40-30(9-5-13-34(40)44-51-19-20-52-44)31-10-6-14-35(41(31)60-62)45-53-21-22-54-45/h3-14,23-24,42-45H,15-22,25H2,1-2H3. The lowest BCUT2D eigenvalue weighted by atomic mass is 10.0. The van der Waals surface area contributed by atoms with Gasteiger partial charge in [0.15, 0.2) is 59.0 Å². The first-order chi connectivity index (χ1) is 31.1. The van der Waals surface area contributed by atoms with Crippen molar-refractivity contribution in [1.82, 2.24) is 0 Å². The van der Waals surface area contributed by atoms with Crippen molar-refractivity contribution in [1.29, 1.82) is 0 Å². The van der Waals surface area contributed by atoms with E-state index in [9.17, 15) is 0 Å². The lowest BCUT2D eigenvalue weighted by molar-refractivity contribution is -0.0437. The second-order valence-corrected chi connectivity index (χ2v) is 17.6. The van der Waals surface area contributed by atoms with Crippen LogP contribution < -0.4 is 13.8 Å². The average Bonchev–Trinajstić information content (AvgIpc) is 4.18. The van der Waals surface area contributed by atoms with Gasteiger partial charge in [0.25, 0.3) is 0 Å². The Hall–Kier alpha value is -4.51. The van der Waals surface area contributed by atoms with E-state index in [4.69, 9.17) is 68.5 Å². The molecule has 0 aliphatic carbocycles. The van der Waals surface area contributed by atoms with Crippen LogP contribution in [0, 0.1) is 0 Å². The van der Waals surface area contributed by atoms with Gasteiger partial charge in [0.05, 0.1) is 88.8 Å². The molecule has 11 rings (SSSR count). The van der Waals surface area contributed by atoms with Gasteiger partial charge < -0.3 is 63.9 Å². The van der Waals surface area contributed by atoms with Crippen molar-refractivity contribution in [2.75, 3.05) is 66.2 Å². The van der Waals surface area contributed by atoms with Gasteiger partial charge in [0.2, 0.25) is 0 Å². The van der Waals surface area contributed by atoms with Crippen molar-refractivity contribution in [2.24, 2.45) is 0 Å². The van der Waals surface area contributed by atoms with Crippen molar-refractivity contribution in [2.45, 2.75) is 36.7 Å². The molecular weight excluding hydrogens is 874 g/mol. The molecule has 6 heterocycles. The van der Waals surface area contributed by atoms with Crippen LogP contribution in [0.3, 0.4) is 0 Å². The van der Waals surface area contributed by atoms with Crippen LogP contribution >= 0.6 is 28.2 Å². The first-order valence-corrected chi connectivity index (χ1v) is 23.9. The molecule has 63 heavy (non-hydrogen) atoms. The van der Waals surface area contributed by atoms with Gasteiger partial charge in [-0.3, -0.25) is 4.52 Å². The number of thioether (sulfide) groups is 1. The molecule has 4 fully saturated rings. The van der Waals surface area contributed by atoms with Crippen molar-refractivity contribution in [3.05, 3.63) is 113 Å². The van der Waals surface area contributed by atoms with E-state index < -0.39 is 41.6 Å². The van der Waals surface area contributed by atoms with Gasteiger partial charge in [-0.15, -0.1) is 11.8 Å². The lowest BCUT2D eigenvalue weighted by Gasteiger charge is -2.15. The molecule has 4 aliphatic heterocycles. The molecule has 4 saturated heterocycles. The summed E-state index contributed by atoms with van der Waals surface area (Å²) in [5.74, 6) is 0.781. The lowest BCUT2D eigenvalue weighted by Crippen LogP contribution is -2.00. The molecule has 2 aromatic heterocycles. The van der Waals surface area contributed by atoms with Crippen LogP contribution in [0.5, 0.6) is 11.5 Å². The van der Waals surface area contributed by atoms with Gasteiger partial charge >= 0.3 is 16.5 Å². The fourth-order valence-corrected chi connectivity index (χ4v) is 10.9. The molecule has 0 N–H and O–H groups in total. The minimum Gasteiger partial charge on any atom is -0.493 e. The summed E-state index contributed by atoms with van der Waals surface area (Å²) in [6, 6.07) is 27.3. The maximum Gasteiger partial charge on any atom is 0.453 e. The Kier molecular flexibility index (Phi) is 11.9. The molecule has 0 unspecified atom stereocenters. The number of hydrogen-bond donors (Lipinski definition) is 0. The van der Waals surface area contributed by atoms with E-state index in [1.54, 1.807) is 18.9 Å². The topological polar surface area (TPSA) is 154 Å². The first kappa shape index (κ1) is 41.2. The Bertz CT molecular complexity index is 2720. The number of fused-ring (bicyclic) bond motifs is 6. The van der Waals surface area contributed by atoms with E-state index >= 15 is 0 Å². The molecular formula is C45H42O15P2S. The van der Waals surface area contributed by atoms with Crippen LogP contribution in [0.4, 0.5) is 0 Å². The molecule has 15 nitrogen and oxygen atoms in total. The summed E-state index contributed by atoms with van der Waals surface area (Å²) in [5.41, 5.74) is 5.55. The molecule has 18 heteroatoms. The second-order valence-electron chi connectivity index (χ2n) is 14.7. The normalized spacial score (nSPS) is 17.9. The third kappa shape index (κ3) is 8.03. The summed E-state index contributed by atoms with van der Waals surface area (Å²) < 4.78 is 94.5. The SMILES string of the molecule is COc1cc(SC)cc(COp2oc3c(C4OCCO4)cccc3c3cccc(C4OCCO4)c3o2)c1Op1oc2c(C3OCCO3)cccc2c2cccc(C3OCCO3)c2o1. The van der Waals surface area contributed by atoms with E-state index in [-0.39, 0.29) is 6.61 Å². The summed E-state index contributed by atoms with van der Waals surface area (Å²) in [6.07, 6.45) is -0.541. The van der Waals surface area contributed by atoms with Gasteiger partial charge in [-0.2, -0.15) is 0 Å². The summed E-state index contributed by atoms with van der Waals surface area (Å²) in [7, 11) is -2.82. The molecule has 4 aliphatic rings. The summed E-state index contributed by atoms with van der Waals surface area (Å²) in [5, 5.41) is 3.12. The molecule has 5 aromatic carbocycles. The predicted molar refractivity (Wildman–Crippen MR) is 232 cm³/mol. The Balaban J connectivity index is 1.06. The van der Waals surface area contributed by atoms with Crippen molar-refractivity contribution in [3.8, 4) is 11.5 Å². The maximum atomic E-state index is 6.89. The number of ether oxygens (including phenoxy) is 9. The zero-order chi connectivity index (χ0) is 42.3. The monoisotopic (exact) mass is 916 g/mol. The quantitative estimate of drug-likeness (QED) is 0.113. The maximum absolute atomic E-state index is 6.89. The molecule has 0 atom stereocenters. The summed E-state index contributed by atoms with van der Waals surface area (Å²) in [6.45, 7) is 3.63. The zero-order valence-corrected chi connectivity index (χ0v) is 36.8. The average molecular weight is 917 g/mol. The highest BCUT2D eigenvalue weighted by atomic mass is 32.2. The predicted octanol–water partition coefficient (Wildman–Crippen LogP) is 11.3. The van der Waals surface area contributed by atoms with Crippen LogP contribution in [0.1, 0.15) is 53.0 Å².